The number of nitrogens with zero attached hydrogens (tertiary/aromatic N) is 1. The van der Waals surface area contributed by atoms with Crippen molar-refractivity contribution in [2.75, 3.05) is 19.6 Å². The molecule has 1 saturated heterocycles. The lowest BCUT2D eigenvalue weighted by molar-refractivity contribution is 0.163. The Hall–Kier alpha value is -1.62. The number of piperidine rings is 1. The molecule has 0 spiro atoms. The Bertz CT molecular complexity index is 493. The standard InChI is InChI=1S/C17H26FN3O/c1-13(2)20-17(22)19-10-14-6-5-9-21(11-14)12-15-7-3-4-8-16(15)18/h3-4,7-8,13-14H,5-6,9-12H2,1-2H3,(H2,19,20,22). The van der Waals surface area contributed by atoms with Crippen molar-refractivity contribution in [3.05, 3.63) is 35.6 Å². The summed E-state index contributed by atoms with van der Waals surface area (Å²) >= 11 is 0. The van der Waals surface area contributed by atoms with E-state index in [-0.39, 0.29) is 17.9 Å². The molecule has 0 aromatic heterocycles. The molecule has 1 heterocycles. The highest BCUT2D eigenvalue weighted by molar-refractivity contribution is 5.74. The Labute approximate surface area is 132 Å². The van der Waals surface area contributed by atoms with Crippen LogP contribution in [0.15, 0.2) is 24.3 Å². The number of hydrogen-bond acceptors (Lipinski definition) is 2. The maximum atomic E-state index is 13.7. The van der Waals surface area contributed by atoms with Gasteiger partial charge in [0, 0.05) is 31.2 Å². The minimum atomic E-state index is -0.140. The van der Waals surface area contributed by atoms with Crippen molar-refractivity contribution >= 4 is 6.03 Å². The molecule has 2 amide bonds. The van der Waals surface area contributed by atoms with Crippen molar-refractivity contribution < 1.29 is 9.18 Å². The van der Waals surface area contributed by atoms with Crippen molar-refractivity contribution in [3.63, 3.8) is 0 Å². The number of halogens is 1. The topological polar surface area (TPSA) is 44.4 Å². The fourth-order valence-corrected chi connectivity index (χ4v) is 2.88. The normalized spacial score (nSPS) is 19.2. The molecule has 0 aliphatic carbocycles. The van der Waals surface area contributed by atoms with Crippen molar-refractivity contribution in [2.24, 2.45) is 5.92 Å². The third-order valence-electron chi connectivity index (χ3n) is 3.93. The average Bonchev–Trinajstić information content (AvgIpc) is 2.47. The molecule has 1 aromatic carbocycles. The molecule has 1 atom stereocenters. The van der Waals surface area contributed by atoms with Crippen LogP contribution in [0, 0.1) is 11.7 Å². The molecule has 1 aliphatic rings. The van der Waals surface area contributed by atoms with Gasteiger partial charge in [-0.1, -0.05) is 18.2 Å². The van der Waals surface area contributed by atoms with Gasteiger partial charge in [0.05, 0.1) is 0 Å². The minimum Gasteiger partial charge on any atom is -0.338 e. The monoisotopic (exact) mass is 307 g/mol. The predicted molar refractivity (Wildman–Crippen MR) is 86.1 cm³/mol. The Morgan fingerprint density at radius 3 is 2.91 bits per heavy atom. The molecule has 1 aromatic rings. The van der Waals surface area contributed by atoms with E-state index in [1.165, 1.54) is 6.07 Å². The minimum absolute atomic E-state index is 0.110. The molecule has 1 unspecified atom stereocenters. The van der Waals surface area contributed by atoms with Crippen LogP contribution in [0.1, 0.15) is 32.3 Å². The van der Waals surface area contributed by atoms with Gasteiger partial charge in [-0.2, -0.15) is 0 Å². The predicted octanol–water partition coefficient (Wildman–Crippen LogP) is 2.75. The molecule has 1 fully saturated rings. The smallest absolute Gasteiger partial charge is 0.314 e. The van der Waals surface area contributed by atoms with Gasteiger partial charge >= 0.3 is 6.03 Å². The fourth-order valence-electron chi connectivity index (χ4n) is 2.88. The largest absolute Gasteiger partial charge is 0.338 e. The summed E-state index contributed by atoms with van der Waals surface area (Å²) in [5.41, 5.74) is 0.744. The molecular formula is C17H26FN3O. The van der Waals surface area contributed by atoms with Crippen LogP contribution in [0.2, 0.25) is 0 Å². The summed E-state index contributed by atoms with van der Waals surface area (Å²) in [4.78, 5) is 13.9. The van der Waals surface area contributed by atoms with E-state index in [0.717, 1.165) is 31.5 Å². The number of urea groups is 1. The van der Waals surface area contributed by atoms with Crippen LogP contribution >= 0.6 is 0 Å². The van der Waals surface area contributed by atoms with Gasteiger partial charge in [-0.15, -0.1) is 0 Å². The highest BCUT2D eigenvalue weighted by Crippen LogP contribution is 2.19. The number of benzene rings is 1. The van der Waals surface area contributed by atoms with Crippen LogP contribution in [0.4, 0.5) is 9.18 Å². The second kappa shape index (κ2) is 8.13. The number of hydrogen-bond donors (Lipinski definition) is 2. The van der Waals surface area contributed by atoms with E-state index in [4.69, 9.17) is 0 Å². The molecule has 22 heavy (non-hydrogen) atoms. The van der Waals surface area contributed by atoms with Crippen molar-refractivity contribution in [3.8, 4) is 0 Å². The molecule has 4 nitrogen and oxygen atoms in total. The van der Waals surface area contributed by atoms with Crippen molar-refractivity contribution in [2.45, 2.75) is 39.3 Å². The Balaban J connectivity index is 1.79. The van der Waals surface area contributed by atoms with E-state index in [9.17, 15) is 9.18 Å². The molecule has 0 bridgehead atoms. The average molecular weight is 307 g/mol. The Kier molecular flexibility index (Phi) is 6.19. The SMILES string of the molecule is CC(C)NC(=O)NCC1CCCN(Cc2ccccc2F)C1. The number of carbonyl (C=O) groups excluding carboxylic acids is 1. The summed E-state index contributed by atoms with van der Waals surface area (Å²) in [6, 6.07) is 6.97. The van der Waals surface area contributed by atoms with E-state index < -0.39 is 0 Å². The highest BCUT2D eigenvalue weighted by Gasteiger charge is 2.21. The van der Waals surface area contributed by atoms with Gasteiger partial charge in [-0.3, -0.25) is 4.90 Å². The number of amides is 2. The van der Waals surface area contributed by atoms with E-state index in [0.29, 0.717) is 19.0 Å². The van der Waals surface area contributed by atoms with Crippen LogP contribution in [0.5, 0.6) is 0 Å². The summed E-state index contributed by atoms with van der Waals surface area (Å²) in [5, 5.41) is 5.76. The molecule has 0 radical (unpaired) electrons. The van der Waals surface area contributed by atoms with E-state index in [1.807, 2.05) is 26.0 Å². The van der Waals surface area contributed by atoms with Crippen LogP contribution < -0.4 is 10.6 Å². The first kappa shape index (κ1) is 16.7. The summed E-state index contributed by atoms with van der Waals surface area (Å²) < 4.78 is 13.7. The lowest BCUT2D eigenvalue weighted by Crippen LogP contribution is -2.45. The molecule has 2 N–H and O–H groups in total. The zero-order valence-electron chi connectivity index (χ0n) is 13.4. The van der Waals surface area contributed by atoms with Gasteiger partial charge in [0.2, 0.25) is 0 Å². The fraction of sp³-hybridized carbons (Fsp3) is 0.588. The third-order valence-corrected chi connectivity index (χ3v) is 3.93. The maximum Gasteiger partial charge on any atom is 0.314 e. The summed E-state index contributed by atoms with van der Waals surface area (Å²) in [6.07, 6.45) is 2.20. The molecule has 1 aliphatic heterocycles. The van der Waals surface area contributed by atoms with E-state index >= 15 is 0 Å². The Morgan fingerprint density at radius 1 is 1.41 bits per heavy atom. The quantitative estimate of drug-likeness (QED) is 0.878. The first-order valence-corrected chi connectivity index (χ1v) is 8.04. The number of likely N-dealkylation sites (tertiary alicyclic amines) is 1. The van der Waals surface area contributed by atoms with Gasteiger partial charge in [0.25, 0.3) is 0 Å². The summed E-state index contributed by atoms with van der Waals surface area (Å²) in [7, 11) is 0. The van der Waals surface area contributed by atoms with Crippen molar-refractivity contribution in [1.29, 1.82) is 0 Å². The van der Waals surface area contributed by atoms with Gasteiger partial charge in [0.15, 0.2) is 0 Å². The lowest BCUT2D eigenvalue weighted by atomic mass is 9.97. The zero-order chi connectivity index (χ0) is 15.9. The van der Waals surface area contributed by atoms with Crippen molar-refractivity contribution in [1.82, 2.24) is 15.5 Å². The second-order valence-electron chi connectivity index (χ2n) is 6.34. The number of nitrogens with one attached hydrogen (secondary N) is 2. The Morgan fingerprint density at radius 2 is 2.18 bits per heavy atom. The maximum absolute atomic E-state index is 13.7. The highest BCUT2D eigenvalue weighted by atomic mass is 19.1. The molecule has 2 rings (SSSR count). The van der Waals surface area contributed by atoms with Gasteiger partial charge in [-0.25, -0.2) is 9.18 Å². The molecule has 0 saturated carbocycles. The lowest BCUT2D eigenvalue weighted by Gasteiger charge is -2.33. The summed E-state index contributed by atoms with van der Waals surface area (Å²) in [5.74, 6) is 0.289. The van der Waals surface area contributed by atoms with Gasteiger partial charge < -0.3 is 10.6 Å². The zero-order valence-corrected chi connectivity index (χ0v) is 13.4. The number of rotatable bonds is 5. The van der Waals surface area contributed by atoms with Gasteiger partial charge in [-0.05, 0) is 45.2 Å². The second-order valence-corrected chi connectivity index (χ2v) is 6.34. The third kappa shape index (κ3) is 5.30. The molecule has 5 heteroatoms. The number of carbonyl (C=O) groups is 1. The van der Waals surface area contributed by atoms with Crippen LogP contribution in [0.25, 0.3) is 0 Å². The van der Waals surface area contributed by atoms with Gasteiger partial charge in [0.1, 0.15) is 5.82 Å². The van der Waals surface area contributed by atoms with Crippen LogP contribution in [-0.2, 0) is 6.54 Å². The van der Waals surface area contributed by atoms with Crippen LogP contribution in [0.3, 0.4) is 0 Å². The molecular weight excluding hydrogens is 281 g/mol. The first-order valence-electron chi connectivity index (χ1n) is 8.04. The first-order chi connectivity index (χ1) is 10.5. The molecule has 122 valence electrons. The van der Waals surface area contributed by atoms with Crippen LogP contribution in [-0.4, -0.2) is 36.6 Å². The summed E-state index contributed by atoms with van der Waals surface area (Å²) in [6.45, 7) is 7.08. The van der Waals surface area contributed by atoms with E-state index in [1.54, 1.807) is 6.07 Å². The van der Waals surface area contributed by atoms with E-state index in [2.05, 4.69) is 15.5 Å².